The maximum absolute atomic E-state index is 11.5. The Morgan fingerprint density at radius 2 is 2.17 bits per heavy atom. The third-order valence-electron chi connectivity index (χ3n) is 2.08. The molecule has 0 bridgehead atoms. The van der Waals surface area contributed by atoms with Gasteiger partial charge in [0.2, 0.25) is 0 Å². The van der Waals surface area contributed by atoms with E-state index in [9.17, 15) is 15.0 Å². The van der Waals surface area contributed by atoms with Crippen molar-refractivity contribution in [3.05, 3.63) is 35.1 Å². The van der Waals surface area contributed by atoms with Crippen LogP contribution in [0.3, 0.4) is 0 Å². The normalized spacial score (nSPS) is 11.8. The molecule has 7 heteroatoms. The average Bonchev–Trinajstić information content (AvgIpc) is 2.26. The first-order valence-electron chi connectivity index (χ1n) is 4.77. The number of aliphatic imine (C=N–C) groups is 1. The van der Waals surface area contributed by atoms with Gasteiger partial charge in [0.25, 0.3) is 0 Å². The SMILES string of the molecule is CC(N=Cc1ccc(C(=N)[NH-])cc1[O-])C(=O)[O-].[Fe+3]. The van der Waals surface area contributed by atoms with Crippen LogP contribution in [0.2, 0.25) is 0 Å². The molecule has 1 atom stereocenters. The Labute approximate surface area is 115 Å². The average molecular weight is 288 g/mol. The van der Waals surface area contributed by atoms with Crippen molar-refractivity contribution < 1.29 is 32.1 Å². The summed E-state index contributed by atoms with van der Waals surface area (Å²) in [6.07, 6.45) is 1.15. The van der Waals surface area contributed by atoms with Crippen LogP contribution in [0.25, 0.3) is 5.73 Å². The predicted molar refractivity (Wildman–Crippen MR) is 59.1 cm³/mol. The van der Waals surface area contributed by atoms with E-state index in [1.54, 1.807) is 0 Å². The molecule has 6 nitrogen and oxygen atoms in total. The maximum atomic E-state index is 11.5. The van der Waals surface area contributed by atoms with Crippen LogP contribution >= 0.6 is 0 Å². The van der Waals surface area contributed by atoms with Crippen molar-refractivity contribution in [3.63, 3.8) is 0 Å². The molecule has 0 fully saturated rings. The molecule has 2 N–H and O–H groups in total. The topological polar surface area (TPSA) is 123 Å². The first-order valence-corrected chi connectivity index (χ1v) is 4.77. The standard InChI is InChI=1S/C11H13N3O3.Fe/c1-6(11(16)17)14-5-8-3-2-7(10(12)13)4-9(8)15;/h2-6H,1H3,(H5,12,13,14,15,16,17);/q;+3/p-3. The third kappa shape index (κ3) is 4.20. The van der Waals surface area contributed by atoms with Crippen molar-refractivity contribution in [2.75, 3.05) is 0 Å². The molecule has 18 heavy (non-hydrogen) atoms. The van der Waals surface area contributed by atoms with Crippen molar-refractivity contribution in [3.8, 4) is 5.75 Å². The fraction of sp³-hybridized carbons (Fsp3) is 0.182. The van der Waals surface area contributed by atoms with Gasteiger partial charge in [-0.1, -0.05) is 29.8 Å². The Hall–Kier alpha value is -1.85. The number of amidine groups is 1. The van der Waals surface area contributed by atoms with Gasteiger partial charge in [-0.3, -0.25) is 4.99 Å². The van der Waals surface area contributed by atoms with E-state index in [1.165, 1.54) is 19.1 Å². The summed E-state index contributed by atoms with van der Waals surface area (Å²) in [5.41, 5.74) is 7.46. The number of carboxylic acid groups (broad SMARTS) is 1. The number of nitrogens with zero attached hydrogens (tertiary/aromatic N) is 1. The summed E-state index contributed by atoms with van der Waals surface area (Å²) in [6.45, 7) is 1.34. The second kappa shape index (κ2) is 6.78. The molecule has 0 aliphatic heterocycles. The van der Waals surface area contributed by atoms with Gasteiger partial charge in [0.1, 0.15) is 0 Å². The van der Waals surface area contributed by atoms with E-state index in [0.29, 0.717) is 0 Å². The first-order chi connectivity index (χ1) is 7.91. The van der Waals surface area contributed by atoms with Crippen LogP contribution < -0.4 is 10.2 Å². The van der Waals surface area contributed by atoms with Gasteiger partial charge >= 0.3 is 17.1 Å². The fourth-order valence-electron chi connectivity index (χ4n) is 1.05. The molecule has 0 amide bonds. The third-order valence-corrected chi connectivity index (χ3v) is 2.08. The number of hydrogen-bond donors (Lipinski definition) is 1. The largest absolute Gasteiger partial charge is 3.00 e. The van der Waals surface area contributed by atoms with Gasteiger partial charge in [0.05, 0.1) is 12.0 Å². The zero-order valence-electron chi connectivity index (χ0n) is 9.41. The molecule has 0 aliphatic carbocycles. The molecule has 1 unspecified atom stereocenters. The second-order valence-electron chi connectivity index (χ2n) is 3.40. The van der Waals surface area contributed by atoms with Crippen LogP contribution in [0.15, 0.2) is 23.2 Å². The number of hydrogen-bond acceptors (Lipinski definition) is 5. The minimum absolute atomic E-state index is 0. The monoisotopic (exact) mass is 288 g/mol. The van der Waals surface area contributed by atoms with Gasteiger partial charge in [0, 0.05) is 6.21 Å². The zero-order chi connectivity index (χ0) is 13.0. The molecule has 0 saturated carbocycles. The van der Waals surface area contributed by atoms with Crippen LogP contribution in [-0.4, -0.2) is 24.1 Å². The zero-order valence-corrected chi connectivity index (χ0v) is 10.5. The number of nitrogens with one attached hydrogen (secondary N) is 2. The van der Waals surface area contributed by atoms with E-state index in [-0.39, 0.29) is 28.2 Å². The van der Waals surface area contributed by atoms with Gasteiger partial charge in [-0.25, -0.2) is 0 Å². The predicted octanol–water partition coefficient (Wildman–Crippen LogP) is -0.307. The second-order valence-corrected chi connectivity index (χ2v) is 3.40. The quantitative estimate of drug-likeness (QED) is 0.464. The van der Waals surface area contributed by atoms with Crippen LogP contribution in [-0.2, 0) is 21.9 Å². The van der Waals surface area contributed by atoms with Crippen LogP contribution in [0, 0.1) is 5.41 Å². The molecule has 95 valence electrons. The van der Waals surface area contributed by atoms with E-state index in [2.05, 4.69) is 4.99 Å². The molecular weight excluding hydrogens is 278 g/mol. The molecule has 0 spiro atoms. The van der Waals surface area contributed by atoms with Crippen molar-refractivity contribution in [2.45, 2.75) is 13.0 Å². The number of aliphatic carboxylic acids is 1. The molecule has 0 heterocycles. The molecule has 1 radical (unpaired) electrons. The van der Waals surface area contributed by atoms with Gasteiger partial charge in [-0.15, -0.1) is 0 Å². The Kier molecular flexibility index (Phi) is 6.08. The molecule has 0 aliphatic rings. The number of benzene rings is 1. The van der Waals surface area contributed by atoms with Crippen LogP contribution in [0.4, 0.5) is 0 Å². The summed E-state index contributed by atoms with van der Waals surface area (Å²) in [5, 5.41) is 28.9. The summed E-state index contributed by atoms with van der Waals surface area (Å²) in [6, 6.07) is 2.94. The minimum Gasteiger partial charge on any atom is -0.872 e. The summed E-state index contributed by atoms with van der Waals surface area (Å²) in [4.78, 5) is 14.0. The van der Waals surface area contributed by atoms with Gasteiger partial charge in [-0.2, -0.15) is 0 Å². The summed E-state index contributed by atoms with van der Waals surface area (Å²) < 4.78 is 0. The van der Waals surface area contributed by atoms with Crippen molar-refractivity contribution in [2.24, 2.45) is 4.99 Å². The number of carboxylic acids is 1. The molecule has 0 saturated heterocycles. The summed E-state index contributed by atoms with van der Waals surface area (Å²) in [5.74, 6) is -2.18. The van der Waals surface area contributed by atoms with Crippen LogP contribution in [0.5, 0.6) is 5.75 Å². The molecule has 0 aromatic heterocycles. The summed E-state index contributed by atoms with van der Waals surface area (Å²) >= 11 is 0. The van der Waals surface area contributed by atoms with E-state index >= 15 is 0 Å². The van der Waals surface area contributed by atoms with Gasteiger partial charge in [0.15, 0.2) is 0 Å². The first kappa shape index (κ1) is 16.1. The molecular formula is C11H10FeN3O3. The molecule has 1 rings (SSSR count). The van der Waals surface area contributed by atoms with Crippen molar-refractivity contribution >= 4 is 18.0 Å². The van der Waals surface area contributed by atoms with E-state index in [1.807, 2.05) is 0 Å². The molecule has 1 aromatic carbocycles. The fourth-order valence-corrected chi connectivity index (χ4v) is 1.05. The Morgan fingerprint density at radius 1 is 1.56 bits per heavy atom. The van der Waals surface area contributed by atoms with Gasteiger partial charge < -0.3 is 26.2 Å². The van der Waals surface area contributed by atoms with E-state index < -0.39 is 23.6 Å². The Bertz CT molecular complexity index is 488. The number of carbonyl (C=O) groups excluding carboxylic acids is 1. The van der Waals surface area contributed by atoms with Gasteiger partial charge in [-0.05, 0) is 18.1 Å². The molecule has 1 aromatic rings. The minimum atomic E-state index is -1.32. The van der Waals surface area contributed by atoms with Crippen molar-refractivity contribution in [1.29, 1.82) is 5.41 Å². The van der Waals surface area contributed by atoms with E-state index in [0.717, 1.165) is 12.3 Å². The van der Waals surface area contributed by atoms with Crippen molar-refractivity contribution in [1.82, 2.24) is 0 Å². The number of rotatable bonds is 4. The number of carbonyl (C=O) groups is 1. The maximum Gasteiger partial charge on any atom is 3.00 e. The van der Waals surface area contributed by atoms with E-state index in [4.69, 9.17) is 11.1 Å². The Morgan fingerprint density at radius 3 is 2.61 bits per heavy atom. The smallest absolute Gasteiger partial charge is 0.872 e. The van der Waals surface area contributed by atoms with Crippen LogP contribution in [0.1, 0.15) is 18.1 Å². The summed E-state index contributed by atoms with van der Waals surface area (Å²) in [7, 11) is 0. The Balaban J connectivity index is 0.00000289.